The summed E-state index contributed by atoms with van der Waals surface area (Å²) in [6.45, 7) is 1.00. The molecular weight excluding hydrogens is 354 g/mol. The van der Waals surface area contributed by atoms with Crippen molar-refractivity contribution < 1.29 is 18.5 Å². The van der Waals surface area contributed by atoms with Crippen LogP contribution in [0.4, 0.5) is 14.5 Å². The molecule has 0 saturated carbocycles. The van der Waals surface area contributed by atoms with Crippen molar-refractivity contribution >= 4 is 35.0 Å². The zero-order chi connectivity index (χ0) is 17.5. The summed E-state index contributed by atoms with van der Waals surface area (Å²) in [6, 6.07) is 13.9. The third kappa shape index (κ3) is 6.47. The second-order valence-corrected chi connectivity index (χ2v) is 6.89. The Morgan fingerprint density at radius 1 is 1.17 bits per heavy atom. The Hall–Kier alpha value is -1.63. The van der Waals surface area contributed by atoms with E-state index in [1.54, 1.807) is 24.3 Å². The quantitative estimate of drug-likeness (QED) is 0.732. The first-order valence-electron chi connectivity index (χ1n) is 7.33. The van der Waals surface area contributed by atoms with Gasteiger partial charge in [-0.25, -0.2) is 0 Å². The van der Waals surface area contributed by atoms with Gasteiger partial charge in [-0.05, 0) is 36.4 Å². The first-order chi connectivity index (χ1) is 11.4. The number of halogens is 3. The van der Waals surface area contributed by atoms with E-state index in [0.717, 1.165) is 10.5 Å². The number of rotatable bonds is 7. The van der Waals surface area contributed by atoms with E-state index in [1.165, 1.54) is 0 Å². The highest BCUT2D eigenvalue weighted by molar-refractivity contribution is 7.99. The number of thioether (sulfide) groups is 1. The van der Waals surface area contributed by atoms with Crippen molar-refractivity contribution in [2.75, 3.05) is 18.9 Å². The highest BCUT2D eigenvalue weighted by atomic mass is 35.5. The molecule has 0 spiro atoms. The highest BCUT2D eigenvalue weighted by Gasteiger charge is 2.11. The van der Waals surface area contributed by atoms with E-state index < -0.39 is 5.76 Å². The second kappa shape index (κ2) is 9.01. The Kier molecular flexibility index (Phi) is 7.02. The zero-order valence-electron chi connectivity index (χ0n) is 13.1. The Morgan fingerprint density at radius 2 is 1.79 bits per heavy atom. The maximum absolute atomic E-state index is 12.3. The minimum absolute atomic E-state index is 0.129. The molecule has 0 aliphatic heterocycles. The average Bonchev–Trinajstić information content (AvgIpc) is 2.51. The summed E-state index contributed by atoms with van der Waals surface area (Å²) in [5, 5.41) is 3.45. The molecule has 0 aliphatic carbocycles. The second-order valence-electron chi connectivity index (χ2n) is 5.39. The predicted octanol–water partition coefficient (Wildman–Crippen LogP) is 3.31. The molecule has 2 aromatic rings. The summed E-state index contributed by atoms with van der Waals surface area (Å²) in [6.07, 6.45) is 0. The van der Waals surface area contributed by atoms with Crippen LogP contribution in [0, 0.1) is 0 Å². The van der Waals surface area contributed by atoms with Gasteiger partial charge in [-0.1, -0.05) is 35.5 Å². The molecule has 2 rings (SSSR count). The van der Waals surface area contributed by atoms with Crippen molar-refractivity contribution in [1.82, 2.24) is 0 Å². The van der Waals surface area contributed by atoms with Gasteiger partial charge >= 0.3 is 0 Å². The molecule has 1 atom stereocenters. The molecule has 2 N–H and O–H groups in total. The maximum Gasteiger partial charge on any atom is 0.288 e. The van der Waals surface area contributed by atoms with Gasteiger partial charge in [0.05, 0.1) is 7.05 Å². The summed E-state index contributed by atoms with van der Waals surface area (Å²) >= 11 is 6.33. The molecule has 1 unspecified atom stereocenters. The Labute approximate surface area is 149 Å². The number of carbonyl (C=O) groups is 1. The number of quaternary nitrogens is 1. The van der Waals surface area contributed by atoms with Gasteiger partial charge in [0.2, 0.25) is 0 Å². The molecule has 0 fully saturated rings. The van der Waals surface area contributed by atoms with Crippen LogP contribution in [0.3, 0.4) is 0 Å². The van der Waals surface area contributed by atoms with Gasteiger partial charge in [0.25, 0.3) is 11.7 Å². The lowest BCUT2D eigenvalue weighted by Gasteiger charge is -2.14. The van der Waals surface area contributed by atoms with Gasteiger partial charge in [-0.2, -0.15) is 8.78 Å². The molecule has 3 nitrogen and oxygen atoms in total. The van der Waals surface area contributed by atoms with Crippen LogP contribution in [0.15, 0.2) is 53.4 Å². The minimum Gasteiger partial charge on any atom is -0.326 e. The van der Waals surface area contributed by atoms with Crippen molar-refractivity contribution in [2.45, 2.75) is 17.2 Å². The molecule has 0 bridgehead atoms. The zero-order valence-corrected chi connectivity index (χ0v) is 14.6. The normalized spacial score (nSPS) is 12.2. The largest absolute Gasteiger partial charge is 0.326 e. The summed E-state index contributed by atoms with van der Waals surface area (Å²) in [4.78, 5) is 13.5. The van der Waals surface area contributed by atoms with Crippen LogP contribution in [0.2, 0.25) is 5.02 Å². The smallest absolute Gasteiger partial charge is 0.288 e. The Balaban J connectivity index is 1.82. The lowest BCUT2D eigenvalue weighted by atomic mass is 10.2. The third-order valence-corrected chi connectivity index (χ3v) is 4.22. The van der Waals surface area contributed by atoms with E-state index >= 15 is 0 Å². The van der Waals surface area contributed by atoms with Gasteiger partial charge in [-0.3, -0.25) is 4.79 Å². The van der Waals surface area contributed by atoms with Crippen LogP contribution in [-0.4, -0.2) is 25.3 Å². The fourth-order valence-corrected chi connectivity index (χ4v) is 2.84. The first-order valence-corrected chi connectivity index (χ1v) is 8.58. The van der Waals surface area contributed by atoms with E-state index in [2.05, 4.69) is 5.32 Å². The molecule has 0 radical (unpaired) electrons. The number of benzene rings is 2. The minimum atomic E-state index is -2.45. The van der Waals surface area contributed by atoms with Crippen LogP contribution in [0.1, 0.15) is 5.56 Å². The number of carbonyl (C=O) groups excluding carboxylic acids is 1. The van der Waals surface area contributed by atoms with E-state index in [1.807, 2.05) is 31.3 Å². The number of nitrogens with one attached hydrogen (secondary N) is 2. The first kappa shape index (κ1) is 18.7. The van der Waals surface area contributed by atoms with Crippen LogP contribution in [0.5, 0.6) is 0 Å². The van der Waals surface area contributed by atoms with E-state index in [9.17, 15) is 13.6 Å². The predicted molar refractivity (Wildman–Crippen MR) is 93.8 cm³/mol. The molecule has 128 valence electrons. The summed E-state index contributed by atoms with van der Waals surface area (Å²) in [5.41, 5.74) is 1.69. The summed E-state index contributed by atoms with van der Waals surface area (Å²) in [7, 11) is 1.93. The van der Waals surface area contributed by atoms with Gasteiger partial charge in [-0.15, -0.1) is 0 Å². The lowest BCUT2D eigenvalue weighted by molar-refractivity contribution is -0.885. The number of amides is 1. The molecule has 0 aliphatic rings. The highest BCUT2D eigenvalue weighted by Crippen LogP contribution is 2.26. The van der Waals surface area contributed by atoms with Crippen molar-refractivity contribution in [2.24, 2.45) is 0 Å². The fraction of sp³-hybridized carbons (Fsp3) is 0.235. The number of likely N-dealkylation sites (N-methyl/N-ethyl adjacent to an activating group) is 1. The summed E-state index contributed by atoms with van der Waals surface area (Å²) in [5.74, 6) is -2.58. The van der Waals surface area contributed by atoms with Crippen LogP contribution >= 0.6 is 23.4 Å². The number of hydrogen-bond acceptors (Lipinski definition) is 2. The molecule has 2 aromatic carbocycles. The van der Waals surface area contributed by atoms with Crippen LogP contribution in [-0.2, 0) is 11.3 Å². The van der Waals surface area contributed by atoms with Gasteiger partial charge in [0.15, 0.2) is 6.54 Å². The van der Waals surface area contributed by atoms with E-state index in [-0.39, 0.29) is 5.91 Å². The number of alkyl halides is 2. The molecule has 7 heteroatoms. The maximum atomic E-state index is 12.3. The van der Waals surface area contributed by atoms with E-state index in [0.29, 0.717) is 40.5 Å². The molecule has 0 heterocycles. The number of hydrogen-bond donors (Lipinski definition) is 2. The van der Waals surface area contributed by atoms with Crippen LogP contribution in [0.25, 0.3) is 0 Å². The topological polar surface area (TPSA) is 33.5 Å². The lowest BCUT2D eigenvalue weighted by Crippen LogP contribution is -3.08. The van der Waals surface area contributed by atoms with Crippen molar-refractivity contribution in [1.29, 1.82) is 0 Å². The third-order valence-electron chi connectivity index (χ3n) is 3.24. The van der Waals surface area contributed by atoms with Gasteiger partial charge < -0.3 is 10.2 Å². The van der Waals surface area contributed by atoms with Gasteiger partial charge in [0, 0.05) is 21.2 Å². The molecule has 1 amide bonds. The Morgan fingerprint density at radius 3 is 2.38 bits per heavy atom. The van der Waals surface area contributed by atoms with Crippen molar-refractivity contribution in [3.05, 3.63) is 59.1 Å². The SMILES string of the molecule is C[NH+](CC(=O)Nc1ccc(SC(F)F)cc1)Cc1ccc(Cl)cc1. The standard InChI is InChI=1S/C17H17ClF2N2OS/c1-22(10-12-2-4-13(18)5-3-12)11-16(23)21-14-6-8-15(9-7-14)24-17(19)20/h2-9,17H,10-11H2,1H3,(H,21,23)/p+1. The monoisotopic (exact) mass is 371 g/mol. The molecule has 0 aromatic heterocycles. The summed E-state index contributed by atoms with van der Waals surface area (Å²) < 4.78 is 24.5. The van der Waals surface area contributed by atoms with Crippen molar-refractivity contribution in [3.63, 3.8) is 0 Å². The Bertz CT molecular complexity index is 665. The fourth-order valence-electron chi connectivity index (χ4n) is 2.21. The average molecular weight is 372 g/mol. The molecule has 24 heavy (non-hydrogen) atoms. The van der Waals surface area contributed by atoms with Crippen LogP contribution < -0.4 is 10.2 Å². The molecule has 0 saturated heterocycles. The van der Waals surface area contributed by atoms with Crippen molar-refractivity contribution in [3.8, 4) is 0 Å². The number of anilines is 1. The van der Waals surface area contributed by atoms with Gasteiger partial charge in [0.1, 0.15) is 6.54 Å². The molecular formula is C17H18ClF2N2OS+. The van der Waals surface area contributed by atoms with E-state index in [4.69, 9.17) is 11.6 Å².